The van der Waals surface area contributed by atoms with E-state index in [0.29, 0.717) is 38.4 Å². The molecule has 2 aliphatic rings. The summed E-state index contributed by atoms with van der Waals surface area (Å²) in [6, 6.07) is 1.76. The van der Waals surface area contributed by atoms with E-state index in [0.717, 1.165) is 22.7 Å². The second-order valence-corrected chi connectivity index (χ2v) is 9.78. The minimum absolute atomic E-state index is 0.0279. The molecule has 0 aliphatic carbocycles. The van der Waals surface area contributed by atoms with E-state index in [9.17, 15) is 13.5 Å². The summed E-state index contributed by atoms with van der Waals surface area (Å²) >= 11 is 0. The lowest BCUT2D eigenvalue weighted by Crippen LogP contribution is -2.42. The van der Waals surface area contributed by atoms with Crippen LogP contribution in [0.4, 0.5) is 8.78 Å². The van der Waals surface area contributed by atoms with Gasteiger partial charge in [0.1, 0.15) is 24.3 Å². The molecule has 1 aromatic carbocycles. The molecule has 3 rings (SSSR count). The third kappa shape index (κ3) is 4.66. The van der Waals surface area contributed by atoms with Gasteiger partial charge in [0.25, 0.3) is 0 Å². The van der Waals surface area contributed by atoms with Crippen LogP contribution in [0.1, 0.15) is 37.3 Å². The van der Waals surface area contributed by atoms with Crippen molar-refractivity contribution in [2.75, 3.05) is 39.2 Å². The Hall–Kier alpha value is -1.62. The fourth-order valence-electron chi connectivity index (χ4n) is 3.97. The average Bonchev–Trinajstić information content (AvgIpc) is 3.19. The number of halogens is 2. The highest BCUT2D eigenvalue weighted by molar-refractivity contribution is 7.88. The molecule has 2 aliphatic heterocycles. The van der Waals surface area contributed by atoms with Gasteiger partial charge in [-0.1, -0.05) is 6.92 Å². The zero-order valence-corrected chi connectivity index (χ0v) is 18.1. The van der Waals surface area contributed by atoms with Crippen LogP contribution in [-0.4, -0.2) is 69.0 Å². The van der Waals surface area contributed by atoms with Crippen molar-refractivity contribution in [1.82, 2.24) is 4.31 Å². The fraction of sp³-hybridized carbons (Fsp3) is 0.650. The van der Waals surface area contributed by atoms with Gasteiger partial charge in [0.2, 0.25) is 10.0 Å². The lowest BCUT2D eigenvalue weighted by molar-refractivity contribution is 0.0628. The summed E-state index contributed by atoms with van der Waals surface area (Å²) in [5, 5.41) is 9.37. The summed E-state index contributed by atoms with van der Waals surface area (Å²) in [6.07, 6.45) is 2.34. The van der Waals surface area contributed by atoms with Crippen LogP contribution >= 0.6 is 0 Å². The minimum atomic E-state index is -3.55. The molecule has 0 aromatic heterocycles. The molecule has 2 heterocycles. The van der Waals surface area contributed by atoms with Crippen molar-refractivity contribution in [3.8, 4) is 0 Å². The molecular weight excluding hydrogens is 418 g/mol. The van der Waals surface area contributed by atoms with Gasteiger partial charge in [0.05, 0.1) is 18.3 Å². The quantitative estimate of drug-likeness (QED) is 0.660. The van der Waals surface area contributed by atoms with Gasteiger partial charge in [-0.05, 0) is 31.4 Å². The Balaban J connectivity index is 2.00. The molecule has 1 fully saturated rings. The zero-order valence-electron chi connectivity index (χ0n) is 17.2. The highest BCUT2D eigenvalue weighted by Gasteiger charge is 2.45. The summed E-state index contributed by atoms with van der Waals surface area (Å²) in [5.74, 6) is -1.03. The Morgan fingerprint density at radius 1 is 1.27 bits per heavy atom. The molecule has 1 unspecified atom stereocenters. The van der Waals surface area contributed by atoms with Crippen LogP contribution in [0.3, 0.4) is 0 Å². The SMILES string of the molecule is CCCN(Cc1cc(F)c(C2(C3=NC(CO)CO3)CCOCC2)cc1F)S(C)(=O)=O. The van der Waals surface area contributed by atoms with E-state index in [1.165, 1.54) is 0 Å². The predicted octanol–water partition coefficient (Wildman–Crippen LogP) is 1.97. The van der Waals surface area contributed by atoms with Crippen LogP contribution in [0, 0.1) is 11.6 Å². The molecule has 10 heteroatoms. The van der Waals surface area contributed by atoms with Gasteiger partial charge in [0, 0.05) is 37.4 Å². The molecular formula is C20H28F2N2O5S. The van der Waals surface area contributed by atoms with E-state index in [2.05, 4.69) is 4.99 Å². The molecule has 0 radical (unpaired) electrons. The number of hydrogen-bond donors (Lipinski definition) is 1. The molecule has 30 heavy (non-hydrogen) atoms. The van der Waals surface area contributed by atoms with Gasteiger partial charge in [-0.25, -0.2) is 22.2 Å². The number of aliphatic hydroxyl groups is 1. The smallest absolute Gasteiger partial charge is 0.211 e. The third-order valence-electron chi connectivity index (χ3n) is 5.62. The summed E-state index contributed by atoms with van der Waals surface area (Å²) in [6.45, 7) is 2.48. The second-order valence-electron chi connectivity index (χ2n) is 7.80. The maximum Gasteiger partial charge on any atom is 0.211 e. The molecule has 0 amide bonds. The van der Waals surface area contributed by atoms with Gasteiger partial charge in [-0.2, -0.15) is 4.31 Å². The van der Waals surface area contributed by atoms with Crippen LogP contribution in [0.2, 0.25) is 0 Å². The highest BCUT2D eigenvalue weighted by Crippen LogP contribution is 2.40. The number of aliphatic hydroxyl groups excluding tert-OH is 1. The molecule has 168 valence electrons. The number of ether oxygens (including phenoxy) is 2. The molecule has 1 atom stereocenters. The van der Waals surface area contributed by atoms with E-state index in [4.69, 9.17) is 9.47 Å². The van der Waals surface area contributed by atoms with Crippen molar-refractivity contribution >= 4 is 15.9 Å². The maximum atomic E-state index is 15.3. The van der Waals surface area contributed by atoms with Crippen molar-refractivity contribution in [3.05, 3.63) is 34.9 Å². The van der Waals surface area contributed by atoms with Crippen LogP contribution < -0.4 is 0 Å². The number of nitrogens with zero attached hydrogens (tertiary/aromatic N) is 2. The second kappa shape index (κ2) is 9.25. The Kier molecular flexibility index (Phi) is 7.11. The average molecular weight is 447 g/mol. The first-order valence-corrected chi connectivity index (χ1v) is 11.9. The summed E-state index contributed by atoms with van der Waals surface area (Å²) in [7, 11) is -3.55. The van der Waals surface area contributed by atoms with E-state index in [1.807, 2.05) is 6.92 Å². The molecule has 7 nitrogen and oxygen atoms in total. The Labute approximate surface area is 175 Å². The number of sulfonamides is 1. The van der Waals surface area contributed by atoms with E-state index < -0.39 is 33.1 Å². The third-order valence-corrected chi connectivity index (χ3v) is 6.87. The number of rotatable bonds is 8. The Morgan fingerprint density at radius 3 is 2.53 bits per heavy atom. The first-order valence-electron chi connectivity index (χ1n) is 10.0. The molecule has 1 N–H and O–H groups in total. The minimum Gasteiger partial charge on any atom is -0.478 e. The number of benzene rings is 1. The first kappa shape index (κ1) is 23.1. The van der Waals surface area contributed by atoms with Gasteiger partial charge in [-0.3, -0.25) is 0 Å². The van der Waals surface area contributed by atoms with Crippen molar-refractivity contribution in [3.63, 3.8) is 0 Å². The lowest BCUT2D eigenvalue weighted by atomic mass is 9.73. The number of aliphatic imine (C=N–C) groups is 1. The standard InChI is InChI=1S/C20H28F2N2O5S/c1-3-6-24(30(2,26)27)11-14-9-18(22)16(10-17(14)21)20(4-7-28-8-5-20)19-23-15(12-25)13-29-19/h9-10,15,25H,3-8,11-13H2,1-2H3. The Bertz CT molecular complexity index is 901. The van der Waals surface area contributed by atoms with Gasteiger partial charge < -0.3 is 14.6 Å². The van der Waals surface area contributed by atoms with E-state index in [1.54, 1.807) is 0 Å². The molecule has 0 saturated carbocycles. The van der Waals surface area contributed by atoms with Crippen molar-refractivity contribution in [2.45, 2.75) is 44.2 Å². The van der Waals surface area contributed by atoms with Crippen LogP contribution in [0.15, 0.2) is 17.1 Å². The highest BCUT2D eigenvalue weighted by atomic mass is 32.2. The van der Waals surface area contributed by atoms with Crippen molar-refractivity contribution in [2.24, 2.45) is 4.99 Å². The van der Waals surface area contributed by atoms with Crippen molar-refractivity contribution in [1.29, 1.82) is 0 Å². The normalized spacial score (nSPS) is 21.5. The molecule has 1 aromatic rings. The van der Waals surface area contributed by atoms with Gasteiger partial charge >= 0.3 is 0 Å². The fourth-order valence-corrected chi connectivity index (χ4v) is 4.85. The Morgan fingerprint density at radius 2 is 1.97 bits per heavy atom. The zero-order chi connectivity index (χ0) is 21.9. The summed E-state index contributed by atoms with van der Waals surface area (Å²) in [5.41, 5.74) is -0.892. The summed E-state index contributed by atoms with van der Waals surface area (Å²) in [4.78, 5) is 4.39. The van der Waals surface area contributed by atoms with Crippen molar-refractivity contribution < 1.29 is 31.8 Å². The van der Waals surface area contributed by atoms with Crippen LogP contribution in [-0.2, 0) is 31.5 Å². The first-order chi connectivity index (χ1) is 14.2. The van der Waals surface area contributed by atoms with Crippen LogP contribution in [0.25, 0.3) is 0 Å². The lowest BCUT2D eigenvalue weighted by Gasteiger charge is -2.37. The van der Waals surface area contributed by atoms with Gasteiger partial charge in [0.15, 0.2) is 5.90 Å². The topological polar surface area (TPSA) is 88.4 Å². The maximum absolute atomic E-state index is 15.3. The van der Waals surface area contributed by atoms with E-state index >= 15 is 8.78 Å². The molecule has 0 bridgehead atoms. The van der Waals surface area contributed by atoms with Gasteiger partial charge in [-0.15, -0.1) is 0 Å². The largest absolute Gasteiger partial charge is 0.478 e. The molecule has 1 saturated heterocycles. The molecule has 0 spiro atoms. The predicted molar refractivity (Wildman–Crippen MR) is 108 cm³/mol. The summed E-state index contributed by atoms with van der Waals surface area (Å²) < 4.78 is 66.5. The van der Waals surface area contributed by atoms with Crippen LogP contribution in [0.5, 0.6) is 0 Å². The van der Waals surface area contributed by atoms with E-state index in [-0.39, 0.29) is 37.4 Å². The number of hydrogen-bond acceptors (Lipinski definition) is 6. The monoisotopic (exact) mass is 446 g/mol.